The molecule has 2 aliphatic rings. The van der Waals surface area contributed by atoms with E-state index in [1.165, 1.54) is 12.1 Å². The van der Waals surface area contributed by atoms with Crippen LogP contribution in [0.4, 0.5) is 4.39 Å². The summed E-state index contributed by atoms with van der Waals surface area (Å²) in [5, 5.41) is 2.86. The van der Waals surface area contributed by atoms with Gasteiger partial charge in [-0.25, -0.2) is 4.39 Å². The van der Waals surface area contributed by atoms with Crippen molar-refractivity contribution in [3.05, 3.63) is 35.6 Å². The summed E-state index contributed by atoms with van der Waals surface area (Å²) >= 11 is 0. The van der Waals surface area contributed by atoms with Gasteiger partial charge in [-0.1, -0.05) is 12.1 Å². The fraction of sp³-hybridized carbons (Fsp3) is 0.500. The highest BCUT2D eigenvalue weighted by molar-refractivity contribution is 5.98. The van der Waals surface area contributed by atoms with Gasteiger partial charge in [0.1, 0.15) is 11.4 Å². The Morgan fingerprint density at radius 2 is 1.95 bits per heavy atom. The molecular weight excluding hydrogens is 271 g/mol. The highest BCUT2D eigenvalue weighted by Crippen LogP contribution is 2.41. The van der Waals surface area contributed by atoms with Crippen LogP contribution in [0, 0.1) is 11.7 Å². The molecule has 0 spiro atoms. The van der Waals surface area contributed by atoms with Crippen molar-refractivity contribution in [1.82, 2.24) is 10.2 Å². The van der Waals surface area contributed by atoms with E-state index < -0.39 is 5.54 Å². The van der Waals surface area contributed by atoms with E-state index in [2.05, 4.69) is 5.32 Å². The largest absolute Gasteiger partial charge is 0.340 e. The molecule has 21 heavy (non-hydrogen) atoms. The summed E-state index contributed by atoms with van der Waals surface area (Å²) in [6, 6.07) is 6.25. The van der Waals surface area contributed by atoms with E-state index in [0.29, 0.717) is 13.0 Å². The number of amides is 2. The van der Waals surface area contributed by atoms with Gasteiger partial charge >= 0.3 is 0 Å². The summed E-state index contributed by atoms with van der Waals surface area (Å²) in [5.41, 5.74) is 0.223. The Morgan fingerprint density at radius 3 is 2.57 bits per heavy atom. The van der Waals surface area contributed by atoms with E-state index in [1.54, 1.807) is 17.0 Å². The molecule has 4 nitrogen and oxygen atoms in total. The molecule has 112 valence electrons. The number of carbonyl (C=O) groups is 2. The standard InChI is InChI=1S/C16H19FN2O2/c1-16(12-4-5-12)15(21)19(10-14(20)18-16)9-8-11-2-6-13(17)7-3-11/h2-3,6-7,12H,4-5,8-10H2,1H3,(H,18,20). The number of benzene rings is 1. The molecule has 0 bridgehead atoms. The van der Waals surface area contributed by atoms with E-state index >= 15 is 0 Å². The van der Waals surface area contributed by atoms with Gasteiger partial charge in [0.05, 0.1) is 6.54 Å². The van der Waals surface area contributed by atoms with Crippen LogP contribution in [0.5, 0.6) is 0 Å². The third kappa shape index (κ3) is 2.77. The monoisotopic (exact) mass is 290 g/mol. The number of piperazine rings is 1. The van der Waals surface area contributed by atoms with Crippen LogP contribution < -0.4 is 5.32 Å². The van der Waals surface area contributed by atoms with Crippen molar-refractivity contribution in [2.75, 3.05) is 13.1 Å². The molecule has 1 aromatic rings. The van der Waals surface area contributed by atoms with Gasteiger partial charge < -0.3 is 10.2 Å². The van der Waals surface area contributed by atoms with E-state index in [1.807, 2.05) is 6.92 Å². The average Bonchev–Trinajstić information content (AvgIpc) is 3.28. The van der Waals surface area contributed by atoms with Gasteiger partial charge in [0.15, 0.2) is 0 Å². The molecule has 2 amide bonds. The van der Waals surface area contributed by atoms with Crippen molar-refractivity contribution < 1.29 is 14.0 Å². The van der Waals surface area contributed by atoms with Gasteiger partial charge in [-0.3, -0.25) is 9.59 Å². The summed E-state index contributed by atoms with van der Waals surface area (Å²) < 4.78 is 12.9. The van der Waals surface area contributed by atoms with Crippen LogP contribution >= 0.6 is 0 Å². The Morgan fingerprint density at radius 1 is 1.29 bits per heavy atom. The Bertz CT molecular complexity index is 568. The molecule has 0 aromatic heterocycles. The first-order valence-corrected chi connectivity index (χ1v) is 7.34. The van der Waals surface area contributed by atoms with Crippen molar-refractivity contribution in [3.8, 4) is 0 Å². The lowest BCUT2D eigenvalue weighted by Crippen LogP contribution is -2.66. The third-order valence-corrected chi connectivity index (χ3v) is 4.44. The second-order valence-electron chi connectivity index (χ2n) is 6.13. The van der Waals surface area contributed by atoms with Crippen LogP contribution in [0.2, 0.25) is 0 Å². The zero-order chi connectivity index (χ0) is 15.0. The quantitative estimate of drug-likeness (QED) is 0.913. The van der Waals surface area contributed by atoms with Crippen molar-refractivity contribution in [2.45, 2.75) is 31.7 Å². The first kappa shape index (κ1) is 14.0. The lowest BCUT2D eigenvalue weighted by atomic mass is 9.91. The van der Waals surface area contributed by atoms with Gasteiger partial charge in [0.2, 0.25) is 11.8 Å². The molecule has 1 aliphatic heterocycles. The normalized spacial score (nSPS) is 25.9. The van der Waals surface area contributed by atoms with Gasteiger partial charge in [-0.15, -0.1) is 0 Å². The second-order valence-corrected chi connectivity index (χ2v) is 6.13. The minimum Gasteiger partial charge on any atom is -0.340 e. The Kier molecular flexibility index (Phi) is 3.43. The smallest absolute Gasteiger partial charge is 0.248 e. The highest BCUT2D eigenvalue weighted by Gasteiger charge is 2.52. The van der Waals surface area contributed by atoms with E-state index in [4.69, 9.17) is 0 Å². The fourth-order valence-corrected chi connectivity index (χ4v) is 2.99. The highest BCUT2D eigenvalue weighted by atomic mass is 19.1. The predicted octanol–water partition coefficient (Wildman–Crippen LogP) is 1.50. The summed E-state index contributed by atoms with van der Waals surface area (Å²) in [6.45, 7) is 2.43. The van der Waals surface area contributed by atoms with Crippen LogP contribution in [0.1, 0.15) is 25.3 Å². The molecule has 1 saturated heterocycles. The summed E-state index contributed by atoms with van der Waals surface area (Å²) in [4.78, 5) is 26.1. The van der Waals surface area contributed by atoms with Crippen molar-refractivity contribution in [3.63, 3.8) is 0 Å². The minimum atomic E-state index is -0.738. The number of hydrogen-bond acceptors (Lipinski definition) is 2. The number of hydrogen-bond donors (Lipinski definition) is 1. The van der Waals surface area contributed by atoms with Crippen LogP contribution in [-0.2, 0) is 16.0 Å². The van der Waals surface area contributed by atoms with Crippen molar-refractivity contribution in [1.29, 1.82) is 0 Å². The number of nitrogens with one attached hydrogen (secondary N) is 1. The van der Waals surface area contributed by atoms with Gasteiger partial charge in [-0.2, -0.15) is 0 Å². The molecular formula is C16H19FN2O2. The van der Waals surface area contributed by atoms with Crippen LogP contribution in [0.15, 0.2) is 24.3 Å². The minimum absolute atomic E-state index is 0.00621. The average molecular weight is 290 g/mol. The molecule has 1 heterocycles. The molecule has 1 aliphatic carbocycles. The lowest BCUT2D eigenvalue weighted by molar-refractivity contribution is -0.150. The zero-order valence-electron chi connectivity index (χ0n) is 12.1. The topological polar surface area (TPSA) is 49.4 Å². The number of halogens is 1. The van der Waals surface area contributed by atoms with Crippen LogP contribution in [0.25, 0.3) is 0 Å². The third-order valence-electron chi connectivity index (χ3n) is 4.44. The molecule has 3 rings (SSSR count). The summed E-state index contributed by atoms with van der Waals surface area (Å²) in [7, 11) is 0. The molecule has 1 saturated carbocycles. The molecule has 2 fully saturated rings. The maximum atomic E-state index is 12.9. The Labute approximate surface area is 123 Å². The van der Waals surface area contributed by atoms with Gasteiger partial charge in [0, 0.05) is 6.54 Å². The number of rotatable bonds is 4. The zero-order valence-corrected chi connectivity index (χ0v) is 12.1. The first-order valence-electron chi connectivity index (χ1n) is 7.34. The molecule has 1 N–H and O–H groups in total. The maximum absolute atomic E-state index is 12.9. The maximum Gasteiger partial charge on any atom is 0.248 e. The molecule has 1 aromatic carbocycles. The van der Waals surface area contributed by atoms with E-state index in [-0.39, 0.29) is 30.1 Å². The van der Waals surface area contributed by atoms with Crippen molar-refractivity contribution in [2.24, 2.45) is 5.92 Å². The molecule has 5 heteroatoms. The molecule has 1 atom stereocenters. The fourth-order valence-electron chi connectivity index (χ4n) is 2.99. The lowest BCUT2D eigenvalue weighted by Gasteiger charge is -2.40. The van der Waals surface area contributed by atoms with Crippen LogP contribution in [-0.4, -0.2) is 35.3 Å². The molecule has 0 radical (unpaired) electrons. The van der Waals surface area contributed by atoms with Gasteiger partial charge in [0.25, 0.3) is 0 Å². The number of carbonyl (C=O) groups excluding carboxylic acids is 2. The first-order chi connectivity index (χ1) is 9.99. The predicted molar refractivity (Wildman–Crippen MR) is 76.0 cm³/mol. The van der Waals surface area contributed by atoms with Crippen LogP contribution in [0.3, 0.4) is 0 Å². The molecule has 1 unspecified atom stereocenters. The van der Waals surface area contributed by atoms with Crippen molar-refractivity contribution >= 4 is 11.8 Å². The van der Waals surface area contributed by atoms with Gasteiger partial charge in [-0.05, 0) is 49.8 Å². The Balaban J connectivity index is 1.67. The summed E-state index contributed by atoms with van der Waals surface area (Å²) in [5.74, 6) is -0.0918. The Hall–Kier alpha value is -1.91. The van der Waals surface area contributed by atoms with E-state index in [0.717, 1.165) is 18.4 Å². The number of nitrogens with zero attached hydrogens (tertiary/aromatic N) is 1. The summed E-state index contributed by atoms with van der Waals surface area (Å²) in [6.07, 6.45) is 2.61. The van der Waals surface area contributed by atoms with E-state index in [9.17, 15) is 14.0 Å². The SMILES string of the molecule is CC1(C2CC2)NC(=O)CN(CCc2ccc(F)cc2)C1=O. The second kappa shape index (κ2) is 5.13.